The molecule has 1 aromatic carbocycles. The van der Waals surface area contributed by atoms with E-state index >= 15 is 0 Å². The van der Waals surface area contributed by atoms with Crippen LogP contribution in [0.3, 0.4) is 0 Å². The third-order valence-corrected chi connectivity index (χ3v) is 5.92. The molecular weight excluding hydrogens is 196 g/mol. The van der Waals surface area contributed by atoms with E-state index in [1.165, 1.54) is 21.6 Å². The molecule has 11 heavy (non-hydrogen) atoms. The molecule has 1 aliphatic rings. The highest BCUT2D eigenvalue weighted by Gasteiger charge is 2.32. The Kier molecular flexibility index (Phi) is 2.22. The highest BCUT2D eigenvalue weighted by Crippen LogP contribution is 2.44. The van der Waals surface area contributed by atoms with Gasteiger partial charge in [0.05, 0.1) is 4.90 Å². The molecule has 0 aromatic heterocycles. The Morgan fingerprint density at radius 2 is 2.27 bits per heavy atom. The third kappa shape index (κ3) is 1.46. The number of anilines is 1. The van der Waals surface area contributed by atoms with Gasteiger partial charge in [-0.2, -0.15) is 4.72 Å². The Balaban J connectivity index is 2.27. The monoisotopic (exact) mass is 203 g/mol. The van der Waals surface area contributed by atoms with E-state index in [1.54, 1.807) is 10.8 Å². The maximum Gasteiger partial charge on any atom is 0.265 e. The molecule has 0 saturated heterocycles. The molecule has 0 fully saturated rings. The molecule has 3 N–H and O–H groups in total. The van der Waals surface area contributed by atoms with Gasteiger partial charge in [0.25, 0.3) is 9.15 Å². The maximum absolute atomic E-state index is 5.46. The predicted octanol–water partition coefficient (Wildman–Crippen LogP) is 2.17. The molecule has 0 spiro atoms. The highest BCUT2D eigenvalue weighted by molar-refractivity contribution is 9.06. The number of hydrogen-bond donors (Lipinski definition) is 2. The van der Waals surface area contributed by atoms with Crippen LogP contribution in [0.2, 0.25) is 0 Å². The smallest absolute Gasteiger partial charge is 0.229 e. The van der Waals surface area contributed by atoms with Gasteiger partial charge in [-0.15, -0.1) is 0 Å². The van der Waals surface area contributed by atoms with Crippen LogP contribution < -0.4 is 9.86 Å². The van der Waals surface area contributed by atoms with Crippen molar-refractivity contribution in [3.05, 3.63) is 24.3 Å². The average Bonchev–Trinajstić information content (AvgIpc) is 2.46. The van der Waals surface area contributed by atoms with Crippen LogP contribution in [0.15, 0.2) is 29.2 Å². The van der Waals surface area contributed by atoms with Crippen molar-refractivity contribution < 1.29 is 0 Å². The Morgan fingerprint density at radius 1 is 1.45 bits per heavy atom. The molecule has 1 atom stereocenters. The SMILES string of the molecule is NS[S+]1Nc2ccccc2S1. The Hall–Kier alpha value is 0.0300. The van der Waals surface area contributed by atoms with Gasteiger partial charge in [0.1, 0.15) is 5.69 Å². The number of rotatable bonds is 1. The zero-order valence-electron chi connectivity index (χ0n) is 5.61. The third-order valence-electron chi connectivity index (χ3n) is 1.33. The van der Waals surface area contributed by atoms with Crippen LogP contribution in [0.25, 0.3) is 0 Å². The van der Waals surface area contributed by atoms with Crippen molar-refractivity contribution in [3.8, 4) is 0 Å². The Bertz CT molecular complexity index is 241. The molecule has 1 aromatic rings. The van der Waals surface area contributed by atoms with Gasteiger partial charge in [-0.1, -0.05) is 12.1 Å². The van der Waals surface area contributed by atoms with Gasteiger partial charge in [0.15, 0.2) is 10.8 Å². The van der Waals surface area contributed by atoms with Gasteiger partial charge in [-0.25, -0.2) is 5.14 Å². The number of hydrogen-bond acceptors (Lipinski definition) is 4. The minimum Gasteiger partial charge on any atom is -0.229 e. The molecule has 1 aliphatic heterocycles. The van der Waals surface area contributed by atoms with E-state index in [9.17, 15) is 0 Å². The van der Waals surface area contributed by atoms with Crippen molar-refractivity contribution in [2.24, 2.45) is 5.14 Å². The minimum absolute atomic E-state index is 0.0304. The second-order valence-corrected chi connectivity index (χ2v) is 7.20. The summed E-state index contributed by atoms with van der Waals surface area (Å²) in [5, 5.41) is 5.46. The lowest BCUT2D eigenvalue weighted by molar-refractivity contribution is 1.48. The van der Waals surface area contributed by atoms with Gasteiger partial charge in [-0.3, -0.25) is 0 Å². The predicted molar refractivity (Wildman–Crippen MR) is 55.1 cm³/mol. The van der Waals surface area contributed by atoms with E-state index < -0.39 is 0 Å². The van der Waals surface area contributed by atoms with E-state index in [4.69, 9.17) is 5.14 Å². The first-order valence-electron chi connectivity index (χ1n) is 3.05. The molecule has 0 bridgehead atoms. The van der Waals surface area contributed by atoms with Crippen molar-refractivity contribution in [2.75, 3.05) is 4.72 Å². The van der Waals surface area contributed by atoms with Crippen molar-refractivity contribution in [2.45, 2.75) is 4.90 Å². The fourth-order valence-electron chi connectivity index (χ4n) is 0.859. The van der Waals surface area contributed by atoms with Gasteiger partial charge in [0, 0.05) is 0 Å². The van der Waals surface area contributed by atoms with Crippen LogP contribution in [0.4, 0.5) is 5.69 Å². The summed E-state index contributed by atoms with van der Waals surface area (Å²) in [6.45, 7) is 0. The van der Waals surface area contributed by atoms with Crippen LogP contribution in [-0.2, 0) is 9.15 Å². The number of fused-ring (bicyclic) bond motifs is 1. The lowest BCUT2D eigenvalue weighted by Gasteiger charge is -1.89. The van der Waals surface area contributed by atoms with Crippen molar-refractivity contribution in [1.29, 1.82) is 0 Å². The van der Waals surface area contributed by atoms with Crippen molar-refractivity contribution in [1.82, 2.24) is 0 Å². The summed E-state index contributed by atoms with van der Waals surface area (Å²) in [5.41, 5.74) is 1.21. The zero-order chi connectivity index (χ0) is 7.68. The van der Waals surface area contributed by atoms with E-state index in [-0.39, 0.29) is 9.15 Å². The second kappa shape index (κ2) is 3.18. The molecule has 0 radical (unpaired) electrons. The lowest BCUT2D eigenvalue weighted by Crippen LogP contribution is -2.00. The van der Waals surface area contributed by atoms with E-state index in [0.29, 0.717) is 0 Å². The first-order valence-corrected chi connectivity index (χ1v) is 7.01. The first kappa shape index (κ1) is 7.67. The summed E-state index contributed by atoms with van der Waals surface area (Å²) < 4.78 is 3.31. The van der Waals surface area contributed by atoms with Gasteiger partial charge in [0.2, 0.25) is 11.0 Å². The van der Waals surface area contributed by atoms with Crippen LogP contribution in [0.5, 0.6) is 0 Å². The standard InChI is InChI=1S/C6H7N2S3/c7-10-11-8-5-3-1-2-4-6(5)9-11/h1-4,8H,7H2/q+1. The maximum atomic E-state index is 5.46. The summed E-state index contributed by atoms with van der Waals surface area (Å²) in [6, 6.07) is 8.25. The Labute approximate surface area is 75.7 Å². The zero-order valence-corrected chi connectivity index (χ0v) is 8.06. The molecule has 1 heterocycles. The Morgan fingerprint density at radius 3 is 3.00 bits per heavy atom. The summed E-state index contributed by atoms with van der Waals surface area (Å²) in [4.78, 5) is 1.30. The highest BCUT2D eigenvalue weighted by atomic mass is 33.5. The number of nitrogens with two attached hydrogens (primary N) is 1. The molecule has 0 amide bonds. The molecule has 0 aliphatic carbocycles. The van der Waals surface area contributed by atoms with Crippen LogP contribution >= 0.6 is 21.8 Å². The lowest BCUT2D eigenvalue weighted by atomic mass is 10.3. The quantitative estimate of drug-likeness (QED) is 0.417. The van der Waals surface area contributed by atoms with Gasteiger partial charge >= 0.3 is 0 Å². The van der Waals surface area contributed by atoms with E-state index in [0.717, 1.165) is 0 Å². The summed E-state index contributed by atoms with van der Waals surface area (Å²) in [6.07, 6.45) is 0. The summed E-state index contributed by atoms with van der Waals surface area (Å²) >= 11 is 0. The molecule has 2 nitrogen and oxygen atoms in total. The van der Waals surface area contributed by atoms with Crippen LogP contribution in [0, 0.1) is 0 Å². The number of nitrogens with one attached hydrogen (secondary N) is 1. The van der Waals surface area contributed by atoms with E-state index in [1.807, 2.05) is 12.1 Å². The molecular formula is C6H7N2S3+. The molecule has 0 saturated carbocycles. The largest absolute Gasteiger partial charge is 0.265 e. The van der Waals surface area contributed by atoms with Gasteiger partial charge in [-0.05, 0) is 12.1 Å². The first-order chi connectivity index (χ1) is 5.40. The molecule has 1 unspecified atom stereocenters. The van der Waals surface area contributed by atoms with Crippen molar-refractivity contribution in [3.63, 3.8) is 0 Å². The minimum atomic E-state index is 0.0304. The van der Waals surface area contributed by atoms with Crippen LogP contribution in [-0.4, -0.2) is 0 Å². The topological polar surface area (TPSA) is 38.0 Å². The fraction of sp³-hybridized carbons (Fsp3) is 0. The summed E-state index contributed by atoms with van der Waals surface area (Å²) in [5.74, 6) is 0. The number of para-hydroxylation sites is 1. The van der Waals surface area contributed by atoms with Crippen molar-refractivity contribution >= 4 is 36.6 Å². The van der Waals surface area contributed by atoms with Gasteiger partial charge < -0.3 is 0 Å². The normalized spacial score (nSPS) is 21.0. The van der Waals surface area contributed by atoms with Crippen LogP contribution in [0.1, 0.15) is 0 Å². The molecule has 2 rings (SSSR count). The summed E-state index contributed by atoms with van der Waals surface area (Å²) in [7, 11) is 3.19. The van der Waals surface area contributed by atoms with E-state index in [2.05, 4.69) is 16.9 Å². The average molecular weight is 203 g/mol. The number of benzene rings is 1. The molecule has 58 valence electrons. The fourth-order valence-corrected chi connectivity index (χ4v) is 4.78. The molecule has 5 heteroatoms. The second-order valence-electron chi connectivity index (χ2n) is 2.01.